The van der Waals surface area contributed by atoms with Gasteiger partial charge in [0, 0.05) is 39.8 Å². The summed E-state index contributed by atoms with van der Waals surface area (Å²) in [6.07, 6.45) is 2.80. The number of hydrogen-bond acceptors (Lipinski definition) is 4. The number of amides is 1. The van der Waals surface area contributed by atoms with Gasteiger partial charge in [0.25, 0.3) is 5.91 Å². The lowest BCUT2D eigenvalue weighted by atomic mass is 10.2. The van der Waals surface area contributed by atoms with Crippen LogP contribution in [0.3, 0.4) is 0 Å². The van der Waals surface area contributed by atoms with E-state index in [1.807, 2.05) is 0 Å². The standard InChI is InChI=1S/C13H20N4O2/c1-15(2)13(18)11-7-14-12-8-16(4-5-17(11)12)10-3-6-19-9-10/h7,10H,3-6,8-9H2,1-2H3/t10-/m0/s1. The summed E-state index contributed by atoms with van der Waals surface area (Å²) in [5.41, 5.74) is 0.697. The summed E-state index contributed by atoms with van der Waals surface area (Å²) in [7, 11) is 3.54. The molecule has 1 amide bonds. The summed E-state index contributed by atoms with van der Waals surface area (Å²) >= 11 is 0. The topological polar surface area (TPSA) is 50.6 Å². The van der Waals surface area contributed by atoms with Gasteiger partial charge >= 0.3 is 0 Å². The highest BCUT2D eigenvalue weighted by Crippen LogP contribution is 2.20. The molecule has 1 aromatic rings. The maximum absolute atomic E-state index is 12.0. The Kier molecular flexibility index (Phi) is 3.28. The van der Waals surface area contributed by atoms with Gasteiger partial charge in [-0.05, 0) is 6.42 Å². The summed E-state index contributed by atoms with van der Waals surface area (Å²) in [5, 5.41) is 0. The van der Waals surface area contributed by atoms with Crippen molar-refractivity contribution in [3.05, 3.63) is 17.7 Å². The average Bonchev–Trinajstić information content (AvgIpc) is 3.06. The van der Waals surface area contributed by atoms with Crippen LogP contribution in [0.1, 0.15) is 22.7 Å². The quantitative estimate of drug-likeness (QED) is 0.765. The van der Waals surface area contributed by atoms with Crippen LogP contribution in [0.5, 0.6) is 0 Å². The largest absolute Gasteiger partial charge is 0.380 e. The van der Waals surface area contributed by atoms with Crippen molar-refractivity contribution < 1.29 is 9.53 Å². The Morgan fingerprint density at radius 2 is 2.32 bits per heavy atom. The minimum absolute atomic E-state index is 0.0244. The summed E-state index contributed by atoms with van der Waals surface area (Å²) in [6, 6.07) is 0.512. The van der Waals surface area contributed by atoms with Crippen molar-refractivity contribution in [2.75, 3.05) is 33.9 Å². The number of carbonyl (C=O) groups excluding carboxylic acids is 1. The summed E-state index contributed by atoms with van der Waals surface area (Å²) < 4.78 is 7.49. The Labute approximate surface area is 113 Å². The fourth-order valence-corrected chi connectivity index (χ4v) is 2.80. The minimum atomic E-state index is 0.0244. The Hall–Kier alpha value is -1.40. The zero-order valence-electron chi connectivity index (χ0n) is 11.5. The first-order valence-electron chi connectivity index (χ1n) is 6.74. The second kappa shape index (κ2) is 4.94. The molecule has 0 bridgehead atoms. The molecule has 0 radical (unpaired) electrons. The van der Waals surface area contributed by atoms with Gasteiger partial charge in [-0.25, -0.2) is 4.98 Å². The lowest BCUT2D eigenvalue weighted by molar-refractivity contribution is 0.0807. The zero-order chi connectivity index (χ0) is 13.4. The van der Waals surface area contributed by atoms with Crippen LogP contribution in [0.4, 0.5) is 0 Å². The summed E-state index contributed by atoms with van der Waals surface area (Å²) in [6.45, 7) is 4.30. The first kappa shape index (κ1) is 12.6. The Balaban J connectivity index is 1.78. The molecule has 1 atom stereocenters. The maximum atomic E-state index is 12.0. The molecule has 0 unspecified atom stereocenters. The van der Waals surface area contributed by atoms with Crippen molar-refractivity contribution in [2.24, 2.45) is 0 Å². The molecule has 0 saturated carbocycles. The van der Waals surface area contributed by atoms with Gasteiger partial charge in [0.1, 0.15) is 11.5 Å². The number of aromatic nitrogens is 2. The highest BCUT2D eigenvalue weighted by atomic mass is 16.5. The van der Waals surface area contributed by atoms with Crippen molar-refractivity contribution in [1.82, 2.24) is 19.4 Å². The molecule has 1 aromatic heterocycles. The average molecular weight is 264 g/mol. The van der Waals surface area contributed by atoms with Gasteiger partial charge in [-0.15, -0.1) is 0 Å². The van der Waals surface area contributed by atoms with Crippen molar-refractivity contribution in [3.63, 3.8) is 0 Å². The second-order valence-corrected chi connectivity index (χ2v) is 5.40. The molecular weight excluding hydrogens is 244 g/mol. The predicted octanol–water partition coefficient (Wildman–Crippen LogP) is 0.189. The van der Waals surface area contributed by atoms with E-state index in [4.69, 9.17) is 4.74 Å². The van der Waals surface area contributed by atoms with Gasteiger partial charge in [0.05, 0.1) is 19.3 Å². The van der Waals surface area contributed by atoms with Crippen molar-refractivity contribution in [1.29, 1.82) is 0 Å². The Morgan fingerprint density at radius 3 is 3.00 bits per heavy atom. The van der Waals surface area contributed by atoms with Crippen molar-refractivity contribution >= 4 is 5.91 Å². The molecule has 19 heavy (non-hydrogen) atoms. The molecule has 0 aliphatic carbocycles. The van der Waals surface area contributed by atoms with Crippen LogP contribution >= 0.6 is 0 Å². The highest BCUT2D eigenvalue weighted by molar-refractivity contribution is 5.92. The number of rotatable bonds is 2. The fourth-order valence-electron chi connectivity index (χ4n) is 2.80. The molecule has 3 heterocycles. The summed E-state index contributed by atoms with van der Waals surface area (Å²) in [4.78, 5) is 20.5. The van der Waals surface area contributed by atoms with Crippen LogP contribution in [-0.2, 0) is 17.8 Å². The SMILES string of the molecule is CN(C)C(=O)c1cnc2n1CCN([C@H]1CCOC1)C2. The van der Waals surface area contributed by atoms with E-state index in [9.17, 15) is 4.79 Å². The monoisotopic (exact) mass is 264 g/mol. The van der Waals surface area contributed by atoms with Crippen LogP contribution < -0.4 is 0 Å². The molecule has 104 valence electrons. The second-order valence-electron chi connectivity index (χ2n) is 5.40. The first-order valence-corrected chi connectivity index (χ1v) is 6.74. The normalized spacial score (nSPS) is 23.4. The van der Waals surface area contributed by atoms with E-state index in [0.29, 0.717) is 11.7 Å². The van der Waals surface area contributed by atoms with Crippen LogP contribution in [0.2, 0.25) is 0 Å². The Bertz CT molecular complexity index is 477. The van der Waals surface area contributed by atoms with Crippen molar-refractivity contribution in [2.45, 2.75) is 25.6 Å². The minimum Gasteiger partial charge on any atom is -0.380 e. The molecule has 0 N–H and O–H groups in total. The molecular formula is C13H20N4O2. The smallest absolute Gasteiger partial charge is 0.271 e. The van der Waals surface area contributed by atoms with E-state index in [0.717, 1.165) is 45.1 Å². The van der Waals surface area contributed by atoms with E-state index in [-0.39, 0.29) is 5.91 Å². The highest BCUT2D eigenvalue weighted by Gasteiger charge is 2.29. The molecule has 0 aromatic carbocycles. The van der Waals surface area contributed by atoms with Crippen LogP contribution in [-0.4, -0.2) is 65.2 Å². The third-order valence-electron chi connectivity index (χ3n) is 3.94. The third-order valence-corrected chi connectivity index (χ3v) is 3.94. The summed E-state index contributed by atoms with van der Waals surface area (Å²) in [5.74, 6) is 1.01. The molecule has 2 aliphatic rings. The fraction of sp³-hybridized carbons (Fsp3) is 0.692. The van der Waals surface area contributed by atoms with Gasteiger partial charge in [0.15, 0.2) is 0 Å². The number of ether oxygens (including phenoxy) is 1. The lowest BCUT2D eigenvalue weighted by Gasteiger charge is -2.32. The predicted molar refractivity (Wildman–Crippen MR) is 69.9 cm³/mol. The Morgan fingerprint density at radius 1 is 1.47 bits per heavy atom. The molecule has 2 aliphatic heterocycles. The van der Waals surface area contributed by atoms with Gasteiger partial charge in [0.2, 0.25) is 0 Å². The number of nitrogens with zero attached hydrogens (tertiary/aromatic N) is 4. The lowest BCUT2D eigenvalue weighted by Crippen LogP contribution is -2.42. The van der Waals surface area contributed by atoms with Gasteiger partial charge in [-0.2, -0.15) is 0 Å². The van der Waals surface area contributed by atoms with E-state index >= 15 is 0 Å². The number of imidazole rings is 1. The molecule has 1 saturated heterocycles. The van der Waals surface area contributed by atoms with Crippen LogP contribution in [0, 0.1) is 0 Å². The molecule has 6 nitrogen and oxygen atoms in total. The van der Waals surface area contributed by atoms with Crippen molar-refractivity contribution in [3.8, 4) is 0 Å². The van der Waals surface area contributed by atoms with Gasteiger partial charge < -0.3 is 14.2 Å². The van der Waals surface area contributed by atoms with Crippen LogP contribution in [0.15, 0.2) is 6.20 Å². The third kappa shape index (κ3) is 2.26. The van der Waals surface area contributed by atoms with Crippen LogP contribution in [0.25, 0.3) is 0 Å². The van der Waals surface area contributed by atoms with E-state index in [1.165, 1.54) is 0 Å². The van der Waals surface area contributed by atoms with Gasteiger partial charge in [-0.1, -0.05) is 0 Å². The maximum Gasteiger partial charge on any atom is 0.271 e. The van der Waals surface area contributed by atoms with E-state index < -0.39 is 0 Å². The molecule has 0 spiro atoms. The molecule has 6 heteroatoms. The van der Waals surface area contributed by atoms with E-state index in [2.05, 4.69) is 14.5 Å². The number of fused-ring (bicyclic) bond motifs is 1. The molecule has 1 fully saturated rings. The first-order chi connectivity index (χ1) is 9.16. The molecule has 3 rings (SSSR count). The zero-order valence-corrected chi connectivity index (χ0v) is 11.5. The van der Waals surface area contributed by atoms with E-state index in [1.54, 1.807) is 25.2 Å². The number of hydrogen-bond donors (Lipinski definition) is 0. The van der Waals surface area contributed by atoms with Gasteiger partial charge in [-0.3, -0.25) is 9.69 Å². The number of carbonyl (C=O) groups is 1.